The van der Waals surface area contributed by atoms with Gasteiger partial charge in [0.25, 0.3) is 0 Å². The number of anilines is 1. The number of carbonyl (C=O) groups excluding carboxylic acids is 1. The third-order valence-corrected chi connectivity index (χ3v) is 5.11. The van der Waals surface area contributed by atoms with Gasteiger partial charge in [-0.15, -0.1) is 0 Å². The molecule has 3 aromatic carbocycles. The number of hydrogen-bond donors (Lipinski definition) is 3. The van der Waals surface area contributed by atoms with Crippen molar-refractivity contribution in [1.82, 2.24) is 0 Å². The molecule has 2 atom stereocenters. The van der Waals surface area contributed by atoms with Crippen LogP contribution in [0, 0.1) is 5.82 Å². The number of nitrogens with one attached hydrogen (secondary N) is 1. The number of ether oxygens (including phenoxy) is 1. The van der Waals surface area contributed by atoms with E-state index < -0.39 is 18.1 Å². The van der Waals surface area contributed by atoms with E-state index in [1.807, 2.05) is 43.3 Å². The lowest BCUT2D eigenvalue weighted by Gasteiger charge is -2.20. The molecule has 0 bridgehead atoms. The van der Waals surface area contributed by atoms with Gasteiger partial charge < -0.3 is 20.9 Å². The van der Waals surface area contributed by atoms with Gasteiger partial charge in [0.15, 0.2) is 0 Å². The number of benzene rings is 3. The number of amides is 1. The standard InChI is InChI=1S/C25H27FN2O3/c1-17(19-8-13-22(23(26)14-19)18-6-4-3-5-7-18)15-31-21-11-9-20(10-12-21)28-24(30)25(2,27)16-29/h3-14,17,29H,15-16,27H2,1-2H3,(H,28,30). The van der Waals surface area contributed by atoms with Crippen LogP contribution in [-0.2, 0) is 4.79 Å². The Morgan fingerprint density at radius 2 is 1.81 bits per heavy atom. The lowest BCUT2D eigenvalue weighted by Crippen LogP contribution is -2.51. The summed E-state index contributed by atoms with van der Waals surface area (Å²) >= 11 is 0. The number of hydrogen-bond acceptors (Lipinski definition) is 4. The van der Waals surface area contributed by atoms with Crippen molar-refractivity contribution in [2.24, 2.45) is 5.73 Å². The van der Waals surface area contributed by atoms with Crippen molar-refractivity contribution >= 4 is 11.6 Å². The van der Waals surface area contributed by atoms with Gasteiger partial charge in [-0.1, -0.05) is 49.4 Å². The summed E-state index contributed by atoms with van der Waals surface area (Å²) in [7, 11) is 0. The highest BCUT2D eigenvalue weighted by atomic mass is 19.1. The van der Waals surface area contributed by atoms with Crippen LogP contribution >= 0.6 is 0 Å². The summed E-state index contributed by atoms with van der Waals surface area (Å²) in [4.78, 5) is 12.0. The van der Waals surface area contributed by atoms with Gasteiger partial charge in [0.05, 0.1) is 13.2 Å². The van der Waals surface area contributed by atoms with Crippen molar-refractivity contribution in [3.8, 4) is 16.9 Å². The first-order valence-electron chi connectivity index (χ1n) is 10.1. The second kappa shape index (κ2) is 9.73. The van der Waals surface area contributed by atoms with Crippen molar-refractivity contribution in [2.75, 3.05) is 18.5 Å². The van der Waals surface area contributed by atoms with E-state index in [9.17, 15) is 9.18 Å². The van der Waals surface area contributed by atoms with Gasteiger partial charge in [-0.3, -0.25) is 4.79 Å². The highest BCUT2D eigenvalue weighted by Gasteiger charge is 2.27. The zero-order valence-electron chi connectivity index (χ0n) is 17.6. The SMILES string of the molecule is CC(COc1ccc(NC(=O)C(C)(N)CO)cc1)c1ccc(-c2ccccc2)c(F)c1. The molecule has 5 nitrogen and oxygen atoms in total. The summed E-state index contributed by atoms with van der Waals surface area (Å²) in [5.41, 5.74) is 7.18. The number of halogens is 1. The molecule has 0 aliphatic rings. The minimum atomic E-state index is -1.35. The summed E-state index contributed by atoms with van der Waals surface area (Å²) < 4.78 is 20.4. The third kappa shape index (κ3) is 5.69. The van der Waals surface area contributed by atoms with Gasteiger partial charge >= 0.3 is 0 Å². The highest BCUT2D eigenvalue weighted by Crippen LogP contribution is 2.27. The minimum absolute atomic E-state index is 0.0128. The first-order valence-corrected chi connectivity index (χ1v) is 10.1. The van der Waals surface area contributed by atoms with Crippen LogP contribution in [0.3, 0.4) is 0 Å². The molecule has 3 rings (SSSR count). The zero-order valence-corrected chi connectivity index (χ0v) is 17.6. The summed E-state index contributed by atoms with van der Waals surface area (Å²) in [5.74, 6) is -0.117. The number of aliphatic hydroxyl groups is 1. The van der Waals surface area contributed by atoms with Crippen LogP contribution in [0.2, 0.25) is 0 Å². The van der Waals surface area contributed by atoms with Crippen LogP contribution in [0.4, 0.5) is 10.1 Å². The first kappa shape index (κ1) is 22.5. The highest BCUT2D eigenvalue weighted by molar-refractivity contribution is 5.97. The van der Waals surface area contributed by atoms with E-state index in [2.05, 4.69) is 5.32 Å². The molecule has 4 N–H and O–H groups in total. The molecular formula is C25H27FN2O3. The first-order chi connectivity index (χ1) is 14.8. The maximum Gasteiger partial charge on any atom is 0.246 e. The Balaban J connectivity index is 1.59. The molecule has 0 aliphatic heterocycles. The van der Waals surface area contributed by atoms with Crippen LogP contribution in [-0.4, -0.2) is 29.8 Å². The molecule has 2 unspecified atom stereocenters. The van der Waals surface area contributed by atoms with Crippen LogP contribution in [0.5, 0.6) is 5.75 Å². The monoisotopic (exact) mass is 422 g/mol. The fourth-order valence-corrected chi connectivity index (χ4v) is 2.99. The topological polar surface area (TPSA) is 84.6 Å². The van der Waals surface area contributed by atoms with Gasteiger partial charge in [-0.2, -0.15) is 0 Å². The molecule has 0 saturated carbocycles. The maximum atomic E-state index is 14.6. The molecule has 0 aromatic heterocycles. The molecular weight excluding hydrogens is 395 g/mol. The lowest BCUT2D eigenvalue weighted by atomic mass is 9.97. The van der Waals surface area contributed by atoms with Gasteiger partial charge in [0.2, 0.25) is 5.91 Å². The fraction of sp³-hybridized carbons (Fsp3) is 0.240. The molecule has 6 heteroatoms. The Bertz CT molecular complexity index is 1020. The van der Waals surface area contributed by atoms with Crippen molar-refractivity contribution in [3.63, 3.8) is 0 Å². The molecule has 0 fully saturated rings. The third-order valence-electron chi connectivity index (χ3n) is 5.11. The average Bonchev–Trinajstić information content (AvgIpc) is 2.78. The number of rotatable bonds is 8. The molecule has 0 radical (unpaired) electrons. The van der Waals surface area contributed by atoms with Crippen molar-refractivity contribution < 1.29 is 19.0 Å². The quantitative estimate of drug-likeness (QED) is 0.505. The molecule has 1 amide bonds. The molecule has 162 valence electrons. The smallest absolute Gasteiger partial charge is 0.246 e. The lowest BCUT2D eigenvalue weighted by molar-refractivity contribution is -0.121. The molecule has 0 aliphatic carbocycles. The van der Waals surface area contributed by atoms with E-state index in [-0.39, 0.29) is 11.7 Å². The number of nitrogens with two attached hydrogens (primary N) is 1. The summed E-state index contributed by atoms with van der Waals surface area (Å²) in [5, 5.41) is 11.8. The zero-order chi connectivity index (χ0) is 22.4. The molecule has 0 heterocycles. The van der Waals surface area contributed by atoms with E-state index in [4.69, 9.17) is 15.6 Å². The summed E-state index contributed by atoms with van der Waals surface area (Å²) in [6.07, 6.45) is 0. The van der Waals surface area contributed by atoms with Crippen molar-refractivity contribution in [3.05, 3.63) is 84.2 Å². The summed E-state index contributed by atoms with van der Waals surface area (Å²) in [6.45, 7) is 3.35. The van der Waals surface area contributed by atoms with E-state index in [0.717, 1.165) is 11.1 Å². The van der Waals surface area contributed by atoms with Crippen LogP contribution < -0.4 is 15.8 Å². The Labute approximate surface area is 181 Å². The van der Waals surface area contributed by atoms with Crippen LogP contribution in [0.25, 0.3) is 11.1 Å². The second-order valence-electron chi connectivity index (χ2n) is 7.87. The van der Waals surface area contributed by atoms with E-state index in [1.54, 1.807) is 36.4 Å². The van der Waals surface area contributed by atoms with Crippen molar-refractivity contribution in [2.45, 2.75) is 25.3 Å². The van der Waals surface area contributed by atoms with E-state index >= 15 is 0 Å². The molecule has 0 spiro atoms. The van der Waals surface area contributed by atoms with Gasteiger partial charge in [-0.05, 0) is 48.4 Å². The van der Waals surface area contributed by atoms with Crippen molar-refractivity contribution in [1.29, 1.82) is 0 Å². The minimum Gasteiger partial charge on any atom is -0.493 e. The van der Waals surface area contributed by atoms with Crippen LogP contribution in [0.1, 0.15) is 25.3 Å². The Morgan fingerprint density at radius 3 is 2.42 bits per heavy atom. The van der Waals surface area contributed by atoms with E-state index in [0.29, 0.717) is 23.6 Å². The predicted molar refractivity (Wildman–Crippen MR) is 120 cm³/mol. The van der Waals surface area contributed by atoms with Gasteiger partial charge in [-0.25, -0.2) is 4.39 Å². The van der Waals surface area contributed by atoms with Crippen LogP contribution in [0.15, 0.2) is 72.8 Å². The average molecular weight is 423 g/mol. The van der Waals surface area contributed by atoms with Gasteiger partial charge in [0, 0.05) is 17.2 Å². The molecule has 0 saturated heterocycles. The molecule has 31 heavy (non-hydrogen) atoms. The second-order valence-corrected chi connectivity index (χ2v) is 7.87. The predicted octanol–water partition coefficient (Wildman–Crippen LogP) is 4.32. The largest absolute Gasteiger partial charge is 0.493 e. The fourth-order valence-electron chi connectivity index (χ4n) is 2.99. The Kier molecular flexibility index (Phi) is 7.05. The number of aliphatic hydroxyl groups excluding tert-OH is 1. The number of carbonyl (C=O) groups is 1. The van der Waals surface area contributed by atoms with Gasteiger partial charge in [0.1, 0.15) is 17.1 Å². The van der Waals surface area contributed by atoms with E-state index in [1.165, 1.54) is 6.92 Å². The Hall–Kier alpha value is -3.22. The Morgan fingerprint density at radius 1 is 1.13 bits per heavy atom. The molecule has 3 aromatic rings. The normalized spacial score (nSPS) is 13.8. The summed E-state index contributed by atoms with van der Waals surface area (Å²) in [6, 6.07) is 21.6. The maximum absolute atomic E-state index is 14.6.